The van der Waals surface area contributed by atoms with Gasteiger partial charge in [0.05, 0.1) is 11.9 Å². The summed E-state index contributed by atoms with van der Waals surface area (Å²) >= 11 is 0. The lowest BCUT2D eigenvalue weighted by molar-refractivity contribution is -0.141. The smallest absolute Gasteiger partial charge is 0.322 e. The third kappa shape index (κ3) is 3.73. The summed E-state index contributed by atoms with van der Waals surface area (Å²) in [6.07, 6.45) is -1.51. The Morgan fingerprint density at radius 3 is 2.61 bits per heavy atom. The highest BCUT2D eigenvalue weighted by molar-refractivity contribution is 6.05. The first kappa shape index (κ1) is 20.8. The summed E-state index contributed by atoms with van der Waals surface area (Å²) in [7, 11) is 0. The van der Waals surface area contributed by atoms with E-state index >= 15 is 0 Å². The van der Waals surface area contributed by atoms with Gasteiger partial charge in [0.2, 0.25) is 11.8 Å². The van der Waals surface area contributed by atoms with E-state index in [2.05, 4.69) is 20.6 Å². The molecule has 0 bridgehead atoms. The molecule has 9 nitrogen and oxygen atoms in total. The summed E-state index contributed by atoms with van der Waals surface area (Å²) in [5.41, 5.74) is 1.33. The number of carbonyl (C=O) groups is 3. The van der Waals surface area contributed by atoms with E-state index in [0.29, 0.717) is 22.5 Å². The molecule has 3 aromatic rings. The van der Waals surface area contributed by atoms with Crippen molar-refractivity contribution >= 4 is 17.7 Å². The second-order valence-electron chi connectivity index (χ2n) is 7.72. The first-order valence-corrected chi connectivity index (χ1v) is 9.94. The van der Waals surface area contributed by atoms with Gasteiger partial charge in [-0.05, 0) is 36.2 Å². The number of benzene rings is 1. The normalized spacial score (nSPS) is 18.5. The number of aromatic nitrogens is 4. The minimum atomic E-state index is -4.53. The Bertz CT molecular complexity index is 1290. The summed E-state index contributed by atoms with van der Waals surface area (Å²) in [5.74, 6) is -1.17. The van der Waals surface area contributed by atoms with Crippen LogP contribution >= 0.6 is 0 Å². The van der Waals surface area contributed by atoms with Crippen LogP contribution in [0.25, 0.3) is 16.9 Å². The minimum absolute atomic E-state index is 0.169. The van der Waals surface area contributed by atoms with Crippen LogP contribution in [0.4, 0.5) is 13.2 Å². The SMILES string of the molecule is O=C1CCC(N2Cc3ccc(-n4cc(-c5ccc(C(F)(F)F)nc5)nn4)cc3C2=O)C(=O)N1. The van der Waals surface area contributed by atoms with Crippen molar-refractivity contribution in [3.8, 4) is 16.9 Å². The van der Waals surface area contributed by atoms with Crippen molar-refractivity contribution in [2.24, 2.45) is 0 Å². The Labute approximate surface area is 184 Å². The number of amides is 3. The van der Waals surface area contributed by atoms with E-state index < -0.39 is 23.8 Å². The van der Waals surface area contributed by atoms with Crippen LogP contribution in [-0.4, -0.2) is 48.6 Å². The van der Waals surface area contributed by atoms with E-state index in [1.54, 1.807) is 18.2 Å². The molecule has 2 aromatic heterocycles. The molecule has 3 amide bonds. The fourth-order valence-corrected chi connectivity index (χ4v) is 3.92. The lowest BCUT2D eigenvalue weighted by Crippen LogP contribution is -2.52. The average Bonchev–Trinajstić information content (AvgIpc) is 3.39. The van der Waals surface area contributed by atoms with Crippen molar-refractivity contribution in [2.45, 2.75) is 31.6 Å². The van der Waals surface area contributed by atoms with Gasteiger partial charge in [0.1, 0.15) is 17.4 Å². The van der Waals surface area contributed by atoms with Crippen LogP contribution in [0.15, 0.2) is 42.7 Å². The van der Waals surface area contributed by atoms with E-state index in [1.165, 1.54) is 21.8 Å². The maximum atomic E-state index is 13.0. The molecule has 2 aliphatic rings. The molecule has 4 heterocycles. The molecule has 33 heavy (non-hydrogen) atoms. The Balaban J connectivity index is 1.38. The molecule has 1 fully saturated rings. The predicted molar refractivity (Wildman–Crippen MR) is 106 cm³/mol. The zero-order chi connectivity index (χ0) is 23.3. The number of halogens is 3. The Kier molecular flexibility index (Phi) is 4.73. The standard InChI is InChI=1S/C21H15F3N6O3/c22-21(23,24)17-5-2-11(8-25-17)15-10-30(28-27-15)13-3-1-12-9-29(20(33)14(12)7-13)16-4-6-18(31)26-19(16)32/h1-3,5,7-8,10,16H,4,6,9H2,(H,26,31,32). The number of hydrogen-bond donors (Lipinski definition) is 1. The topological polar surface area (TPSA) is 110 Å². The van der Waals surface area contributed by atoms with Gasteiger partial charge in [0.25, 0.3) is 5.91 Å². The zero-order valence-electron chi connectivity index (χ0n) is 16.8. The Hall–Kier alpha value is -4.09. The Morgan fingerprint density at radius 2 is 1.91 bits per heavy atom. The second kappa shape index (κ2) is 7.50. The van der Waals surface area contributed by atoms with E-state index in [1.807, 2.05) is 0 Å². The first-order chi connectivity index (χ1) is 15.7. The third-order valence-electron chi connectivity index (χ3n) is 5.62. The van der Waals surface area contributed by atoms with Crippen molar-refractivity contribution in [3.63, 3.8) is 0 Å². The van der Waals surface area contributed by atoms with Crippen LogP contribution in [-0.2, 0) is 22.3 Å². The molecule has 1 aromatic carbocycles. The number of nitrogens with zero attached hydrogens (tertiary/aromatic N) is 5. The molecule has 1 unspecified atom stereocenters. The first-order valence-electron chi connectivity index (χ1n) is 9.94. The van der Waals surface area contributed by atoms with Crippen molar-refractivity contribution in [1.82, 2.24) is 30.2 Å². The van der Waals surface area contributed by atoms with Crippen molar-refractivity contribution in [2.75, 3.05) is 0 Å². The molecule has 12 heteroatoms. The van der Waals surface area contributed by atoms with E-state index in [9.17, 15) is 27.6 Å². The summed E-state index contributed by atoms with van der Waals surface area (Å²) in [6.45, 7) is 0.251. The molecule has 1 saturated heterocycles. The van der Waals surface area contributed by atoms with Gasteiger partial charge in [0, 0.05) is 30.3 Å². The molecule has 0 spiro atoms. The number of alkyl halides is 3. The summed E-state index contributed by atoms with van der Waals surface area (Å²) in [4.78, 5) is 41.4. The van der Waals surface area contributed by atoms with E-state index in [0.717, 1.165) is 17.8 Å². The lowest BCUT2D eigenvalue weighted by atomic mass is 10.0. The molecule has 0 aliphatic carbocycles. The quantitative estimate of drug-likeness (QED) is 0.605. The van der Waals surface area contributed by atoms with Crippen molar-refractivity contribution < 1.29 is 27.6 Å². The molecule has 2 aliphatic heterocycles. The number of carbonyl (C=O) groups excluding carboxylic acids is 3. The van der Waals surface area contributed by atoms with Crippen LogP contribution in [0.3, 0.4) is 0 Å². The van der Waals surface area contributed by atoms with Crippen LogP contribution in [0, 0.1) is 0 Å². The maximum absolute atomic E-state index is 13.0. The highest BCUT2D eigenvalue weighted by Crippen LogP contribution is 2.30. The summed E-state index contributed by atoms with van der Waals surface area (Å²) in [6, 6.07) is 6.50. The Morgan fingerprint density at radius 1 is 1.09 bits per heavy atom. The molecule has 0 radical (unpaired) electrons. The van der Waals surface area contributed by atoms with Crippen LogP contribution in [0.2, 0.25) is 0 Å². The number of nitrogens with one attached hydrogen (secondary N) is 1. The van der Waals surface area contributed by atoms with Gasteiger partial charge in [-0.3, -0.25) is 24.7 Å². The third-order valence-corrected chi connectivity index (χ3v) is 5.62. The molecular weight excluding hydrogens is 441 g/mol. The largest absolute Gasteiger partial charge is 0.433 e. The van der Waals surface area contributed by atoms with E-state index in [4.69, 9.17) is 0 Å². The summed E-state index contributed by atoms with van der Waals surface area (Å²) < 4.78 is 39.5. The van der Waals surface area contributed by atoms with Crippen molar-refractivity contribution in [1.29, 1.82) is 0 Å². The van der Waals surface area contributed by atoms with Crippen LogP contribution in [0.5, 0.6) is 0 Å². The predicted octanol–water partition coefficient (Wildman–Crippen LogP) is 2.11. The number of fused-ring (bicyclic) bond motifs is 1. The second-order valence-corrected chi connectivity index (χ2v) is 7.72. The average molecular weight is 456 g/mol. The highest BCUT2D eigenvalue weighted by atomic mass is 19.4. The van der Waals surface area contributed by atoms with Gasteiger partial charge in [0.15, 0.2) is 0 Å². The molecular formula is C21H15F3N6O3. The molecule has 168 valence electrons. The fraction of sp³-hybridized carbons (Fsp3) is 0.238. The molecule has 1 atom stereocenters. The number of hydrogen-bond acceptors (Lipinski definition) is 6. The van der Waals surface area contributed by atoms with Crippen LogP contribution < -0.4 is 5.32 Å². The van der Waals surface area contributed by atoms with Gasteiger partial charge in [-0.15, -0.1) is 5.10 Å². The van der Waals surface area contributed by atoms with Crippen molar-refractivity contribution in [3.05, 3.63) is 59.5 Å². The van der Waals surface area contributed by atoms with Gasteiger partial charge in [-0.1, -0.05) is 11.3 Å². The van der Waals surface area contributed by atoms with Gasteiger partial charge in [-0.25, -0.2) is 4.68 Å². The van der Waals surface area contributed by atoms with Gasteiger partial charge in [-0.2, -0.15) is 13.2 Å². The van der Waals surface area contributed by atoms with E-state index in [-0.39, 0.29) is 31.2 Å². The molecule has 5 rings (SSSR count). The summed E-state index contributed by atoms with van der Waals surface area (Å²) in [5, 5.41) is 10.2. The van der Waals surface area contributed by atoms with Gasteiger partial charge < -0.3 is 4.90 Å². The minimum Gasteiger partial charge on any atom is -0.322 e. The van der Waals surface area contributed by atoms with Crippen LogP contribution in [0.1, 0.15) is 34.5 Å². The number of imide groups is 1. The van der Waals surface area contributed by atoms with Gasteiger partial charge >= 0.3 is 6.18 Å². The number of pyridine rings is 1. The molecule has 1 N–H and O–H groups in total. The number of piperidine rings is 1. The molecule has 0 saturated carbocycles. The monoisotopic (exact) mass is 456 g/mol. The lowest BCUT2D eigenvalue weighted by Gasteiger charge is -2.29. The maximum Gasteiger partial charge on any atom is 0.433 e. The zero-order valence-corrected chi connectivity index (χ0v) is 16.8. The number of rotatable bonds is 3. The highest BCUT2D eigenvalue weighted by Gasteiger charge is 2.39. The fourth-order valence-electron chi connectivity index (χ4n) is 3.92.